The third kappa shape index (κ3) is 7.91. The van der Waals surface area contributed by atoms with Gasteiger partial charge in [-0.2, -0.15) is 0 Å². The molecule has 0 saturated carbocycles. The molecular weight excluding hydrogens is 536 g/mol. The number of carbonyl (C=O) groups is 3. The van der Waals surface area contributed by atoms with E-state index in [-0.39, 0.29) is 51.1 Å². The maximum Gasteiger partial charge on any atom is 0.336 e. The Balaban J connectivity index is 2.02. The number of aromatic carboxylic acids is 1. The minimum absolute atomic E-state index is 0.0640. The SMILES string of the molecule is CCOc1ccc(-c2ccc(C(=O)NC(CCCN)C(C)(C)C)cc2C(=O)O)c(C(=O)Nc2ccc(C(=N)N)cc2)n1. The maximum atomic E-state index is 13.4. The molecule has 0 spiro atoms. The number of aromatic nitrogens is 1. The summed E-state index contributed by atoms with van der Waals surface area (Å²) >= 11 is 0. The molecule has 0 aliphatic carbocycles. The molecular formula is C31H38N6O5. The average Bonchev–Trinajstić information content (AvgIpc) is 2.94. The fourth-order valence-corrected chi connectivity index (χ4v) is 4.37. The second-order valence-electron chi connectivity index (χ2n) is 10.8. The molecule has 0 aliphatic heterocycles. The fourth-order valence-electron chi connectivity index (χ4n) is 4.37. The van der Waals surface area contributed by atoms with E-state index < -0.39 is 17.8 Å². The number of benzene rings is 2. The number of nitrogens with two attached hydrogens (primary N) is 2. The summed E-state index contributed by atoms with van der Waals surface area (Å²) in [6, 6.07) is 13.6. The number of ether oxygens (including phenoxy) is 1. The third-order valence-electron chi connectivity index (χ3n) is 6.68. The number of rotatable bonds is 12. The van der Waals surface area contributed by atoms with Crippen LogP contribution >= 0.6 is 0 Å². The summed E-state index contributed by atoms with van der Waals surface area (Å²) in [6.07, 6.45) is 1.42. The molecule has 0 aliphatic rings. The smallest absolute Gasteiger partial charge is 0.336 e. The van der Waals surface area contributed by atoms with Gasteiger partial charge in [-0.05, 0) is 79.8 Å². The normalized spacial score (nSPS) is 11.8. The second-order valence-corrected chi connectivity index (χ2v) is 10.8. The lowest BCUT2D eigenvalue weighted by atomic mass is 9.83. The van der Waals surface area contributed by atoms with Crippen molar-refractivity contribution in [3.8, 4) is 17.0 Å². The summed E-state index contributed by atoms with van der Waals surface area (Å²) in [5.74, 6) is -2.19. The van der Waals surface area contributed by atoms with Crippen molar-refractivity contribution in [3.05, 3.63) is 77.0 Å². The number of carboxylic acid groups (broad SMARTS) is 1. The molecule has 1 unspecified atom stereocenters. The summed E-state index contributed by atoms with van der Waals surface area (Å²) in [7, 11) is 0. The highest BCUT2D eigenvalue weighted by Crippen LogP contribution is 2.30. The molecule has 0 radical (unpaired) electrons. The first-order chi connectivity index (χ1) is 19.8. The minimum atomic E-state index is -1.27. The Hall–Kier alpha value is -4.77. The van der Waals surface area contributed by atoms with Gasteiger partial charge >= 0.3 is 5.97 Å². The first-order valence-corrected chi connectivity index (χ1v) is 13.6. The van der Waals surface area contributed by atoms with Gasteiger partial charge in [0.1, 0.15) is 11.5 Å². The summed E-state index contributed by atoms with van der Waals surface area (Å²) < 4.78 is 5.49. The van der Waals surface area contributed by atoms with E-state index in [1.165, 1.54) is 18.2 Å². The predicted octanol–water partition coefficient (Wildman–Crippen LogP) is 4.27. The Morgan fingerprint density at radius 3 is 2.21 bits per heavy atom. The number of pyridine rings is 1. The molecule has 1 heterocycles. The molecule has 2 aromatic carbocycles. The molecule has 0 bridgehead atoms. The van der Waals surface area contributed by atoms with E-state index in [2.05, 4.69) is 15.6 Å². The molecule has 222 valence electrons. The van der Waals surface area contributed by atoms with Crippen LogP contribution in [0.4, 0.5) is 5.69 Å². The molecule has 11 heteroatoms. The number of nitrogens with zero attached hydrogens (tertiary/aromatic N) is 1. The van der Waals surface area contributed by atoms with Gasteiger partial charge in [-0.15, -0.1) is 0 Å². The van der Waals surface area contributed by atoms with Crippen LogP contribution in [-0.2, 0) is 0 Å². The van der Waals surface area contributed by atoms with E-state index in [9.17, 15) is 19.5 Å². The van der Waals surface area contributed by atoms with Gasteiger partial charge in [-0.3, -0.25) is 15.0 Å². The van der Waals surface area contributed by atoms with Crippen molar-refractivity contribution in [2.24, 2.45) is 16.9 Å². The Bertz CT molecular complexity index is 1460. The summed E-state index contributed by atoms with van der Waals surface area (Å²) in [4.78, 5) is 43.4. The van der Waals surface area contributed by atoms with Gasteiger partial charge in [0.2, 0.25) is 5.88 Å². The number of carboxylic acids is 1. The van der Waals surface area contributed by atoms with E-state index in [0.29, 0.717) is 30.8 Å². The van der Waals surface area contributed by atoms with Crippen LogP contribution in [0.3, 0.4) is 0 Å². The number of carbonyl (C=O) groups excluding carboxylic acids is 2. The van der Waals surface area contributed by atoms with E-state index in [4.69, 9.17) is 21.6 Å². The zero-order valence-corrected chi connectivity index (χ0v) is 24.3. The molecule has 1 atom stereocenters. The van der Waals surface area contributed by atoms with Gasteiger partial charge < -0.3 is 31.9 Å². The summed E-state index contributed by atoms with van der Waals surface area (Å²) in [5, 5.41) is 23.4. The average molecular weight is 575 g/mol. The van der Waals surface area contributed by atoms with E-state index >= 15 is 0 Å². The predicted molar refractivity (Wildman–Crippen MR) is 162 cm³/mol. The van der Waals surface area contributed by atoms with Gasteiger partial charge in [-0.25, -0.2) is 9.78 Å². The van der Waals surface area contributed by atoms with Crippen molar-refractivity contribution in [2.45, 2.75) is 46.6 Å². The first kappa shape index (κ1) is 31.8. The van der Waals surface area contributed by atoms with Crippen LogP contribution in [0.25, 0.3) is 11.1 Å². The van der Waals surface area contributed by atoms with Crippen molar-refractivity contribution in [1.29, 1.82) is 5.41 Å². The zero-order chi connectivity index (χ0) is 31.0. The Morgan fingerprint density at radius 2 is 1.64 bits per heavy atom. The summed E-state index contributed by atoms with van der Waals surface area (Å²) in [6.45, 7) is 8.63. The van der Waals surface area contributed by atoms with Crippen LogP contribution in [-0.4, -0.2) is 52.9 Å². The Kier molecular flexibility index (Phi) is 10.4. The highest BCUT2D eigenvalue weighted by atomic mass is 16.5. The second kappa shape index (κ2) is 13.7. The van der Waals surface area contributed by atoms with Gasteiger partial charge in [0.15, 0.2) is 0 Å². The topological polar surface area (TPSA) is 194 Å². The molecule has 3 rings (SSSR count). The Morgan fingerprint density at radius 1 is 1.00 bits per heavy atom. The Labute approximate surface area is 245 Å². The lowest BCUT2D eigenvalue weighted by molar-refractivity contribution is 0.0697. The lowest BCUT2D eigenvalue weighted by Gasteiger charge is -2.31. The highest BCUT2D eigenvalue weighted by Gasteiger charge is 2.27. The number of amidine groups is 1. The van der Waals surface area contributed by atoms with Gasteiger partial charge in [0, 0.05) is 34.5 Å². The molecule has 11 nitrogen and oxygen atoms in total. The van der Waals surface area contributed by atoms with Gasteiger partial charge in [0.25, 0.3) is 11.8 Å². The number of nitrogen functional groups attached to an aromatic ring is 1. The van der Waals surface area contributed by atoms with Crippen molar-refractivity contribution in [1.82, 2.24) is 10.3 Å². The minimum Gasteiger partial charge on any atom is -0.478 e. The number of anilines is 1. The number of hydrogen-bond donors (Lipinski definition) is 6. The number of nitrogens with one attached hydrogen (secondary N) is 3. The monoisotopic (exact) mass is 574 g/mol. The maximum absolute atomic E-state index is 13.4. The van der Waals surface area contributed by atoms with Crippen LogP contribution in [0.2, 0.25) is 0 Å². The van der Waals surface area contributed by atoms with E-state index in [1.54, 1.807) is 43.3 Å². The third-order valence-corrected chi connectivity index (χ3v) is 6.68. The van der Waals surface area contributed by atoms with Gasteiger partial charge in [0.05, 0.1) is 12.2 Å². The van der Waals surface area contributed by atoms with Crippen LogP contribution in [0, 0.1) is 10.8 Å². The van der Waals surface area contributed by atoms with Crippen LogP contribution in [0.1, 0.15) is 77.3 Å². The van der Waals surface area contributed by atoms with Crippen LogP contribution in [0.5, 0.6) is 5.88 Å². The molecule has 42 heavy (non-hydrogen) atoms. The number of amides is 2. The molecule has 1 aromatic heterocycles. The van der Waals surface area contributed by atoms with Gasteiger partial charge in [-0.1, -0.05) is 26.8 Å². The number of hydrogen-bond acceptors (Lipinski definition) is 7. The zero-order valence-electron chi connectivity index (χ0n) is 24.3. The van der Waals surface area contributed by atoms with Crippen molar-refractivity contribution < 1.29 is 24.2 Å². The quantitative estimate of drug-likeness (QED) is 0.136. The highest BCUT2D eigenvalue weighted by molar-refractivity contribution is 6.10. The van der Waals surface area contributed by atoms with Crippen molar-refractivity contribution in [2.75, 3.05) is 18.5 Å². The van der Waals surface area contributed by atoms with Crippen molar-refractivity contribution in [3.63, 3.8) is 0 Å². The molecule has 8 N–H and O–H groups in total. The van der Waals surface area contributed by atoms with E-state index in [0.717, 1.165) is 6.42 Å². The first-order valence-electron chi connectivity index (χ1n) is 13.6. The van der Waals surface area contributed by atoms with Crippen LogP contribution in [0.15, 0.2) is 54.6 Å². The largest absolute Gasteiger partial charge is 0.478 e. The van der Waals surface area contributed by atoms with E-state index in [1.807, 2.05) is 20.8 Å². The molecule has 3 aromatic rings. The molecule has 0 saturated heterocycles. The van der Waals surface area contributed by atoms with Crippen LogP contribution < -0.4 is 26.8 Å². The summed E-state index contributed by atoms with van der Waals surface area (Å²) in [5.41, 5.74) is 12.3. The molecule has 2 amide bonds. The lowest BCUT2D eigenvalue weighted by Crippen LogP contribution is -2.44. The standard InChI is InChI=1S/C31H38N6O5/c1-5-42-25-15-14-22(26(37-25)29(39)35-20-11-8-18(9-12-20)27(33)34)21-13-10-19(17-23(21)30(40)41)28(38)36-24(7-6-16-32)31(2,3)4/h8-15,17,24H,5-7,16,32H2,1-4H3,(H3,33,34)(H,35,39)(H,36,38)(H,40,41). The molecule has 0 fully saturated rings. The fraction of sp³-hybridized carbons (Fsp3) is 0.323. The van der Waals surface area contributed by atoms with Crippen molar-refractivity contribution >= 4 is 29.3 Å².